The number of likely N-dealkylation sites (tertiary alicyclic amines) is 1. The zero-order chi connectivity index (χ0) is 19.2. The van der Waals surface area contributed by atoms with Crippen molar-refractivity contribution in [3.8, 4) is 0 Å². The Morgan fingerprint density at radius 1 is 1.32 bits per heavy atom. The van der Waals surface area contributed by atoms with Crippen LogP contribution in [0, 0.1) is 24.6 Å². The number of aliphatic hydroxyl groups is 1. The number of hydrogen-bond donors (Lipinski definition) is 1. The second kappa shape index (κ2) is 6.76. The maximum absolute atomic E-state index is 14.6. The van der Waals surface area contributed by atoms with Crippen LogP contribution in [0.5, 0.6) is 0 Å². The van der Waals surface area contributed by atoms with Gasteiger partial charge in [0.25, 0.3) is 0 Å². The summed E-state index contributed by atoms with van der Waals surface area (Å²) >= 11 is 5.91. The van der Waals surface area contributed by atoms with E-state index in [1.54, 1.807) is 17.9 Å². The Bertz CT molecular complexity index is 636. The van der Waals surface area contributed by atoms with Gasteiger partial charge >= 0.3 is 6.09 Å². The molecule has 4 nitrogen and oxygen atoms in total. The molecule has 1 saturated heterocycles. The van der Waals surface area contributed by atoms with E-state index in [1.165, 1.54) is 6.07 Å². The van der Waals surface area contributed by atoms with Gasteiger partial charge in [0.2, 0.25) is 0 Å². The minimum atomic E-state index is -1.38. The zero-order valence-corrected chi connectivity index (χ0v) is 16.4. The molecular weight excluding hydrogens is 345 g/mol. The minimum absolute atomic E-state index is 0.265. The van der Waals surface area contributed by atoms with Crippen LogP contribution in [0.15, 0.2) is 12.1 Å². The van der Waals surface area contributed by atoms with Gasteiger partial charge in [-0.25, -0.2) is 9.18 Å². The van der Waals surface area contributed by atoms with Crippen LogP contribution in [0.3, 0.4) is 0 Å². The quantitative estimate of drug-likeness (QED) is 0.790. The van der Waals surface area contributed by atoms with Crippen molar-refractivity contribution in [2.24, 2.45) is 11.8 Å². The van der Waals surface area contributed by atoms with E-state index in [0.29, 0.717) is 10.6 Å². The summed E-state index contributed by atoms with van der Waals surface area (Å²) in [5.41, 5.74) is -1.09. The Morgan fingerprint density at radius 3 is 2.28 bits per heavy atom. The predicted molar refractivity (Wildman–Crippen MR) is 96.2 cm³/mol. The molecule has 1 aliphatic heterocycles. The van der Waals surface area contributed by atoms with Crippen molar-refractivity contribution >= 4 is 17.7 Å². The van der Waals surface area contributed by atoms with Crippen molar-refractivity contribution in [2.45, 2.75) is 52.7 Å². The number of benzene rings is 1. The Kier molecular flexibility index (Phi) is 5.41. The van der Waals surface area contributed by atoms with Crippen molar-refractivity contribution in [3.63, 3.8) is 0 Å². The van der Waals surface area contributed by atoms with Crippen LogP contribution in [-0.2, 0) is 10.3 Å². The molecule has 0 bridgehead atoms. The number of piperidine rings is 1. The van der Waals surface area contributed by atoms with E-state index in [9.17, 15) is 14.3 Å². The second-order valence-electron chi connectivity index (χ2n) is 8.09. The Hall–Kier alpha value is -1.33. The van der Waals surface area contributed by atoms with E-state index in [2.05, 4.69) is 0 Å². The monoisotopic (exact) mass is 371 g/mol. The van der Waals surface area contributed by atoms with Gasteiger partial charge in [-0.05, 0) is 45.4 Å². The Morgan fingerprint density at radius 2 is 1.84 bits per heavy atom. The molecule has 0 unspecified atom stereocenters. The minimum Gasteiger partial charge on any atom is -0.444 e. The molecule has 1 aliphatic rings. The lowest BCUT2D eigenvalue weighted by Gasteiger charge is -2.48. The molecule has 25 heavy (non-hydrogen) atoms. The lowest BCUT2D eigenvalue weighted by molar-refractivity contribution is -0.113. The van der Waals surface area contributed by atoms with Gasteiger partial charge in [0.1, 0.15) is 17.0 Å². The summed E-state index contributed by atoms with van der Waals surface area (Å²) in [6, 6.07) is 2.87. The molecule has 0 radical (unpaired) electrons. The average Bonchev–Trinajstić information content (AvgIpc) is 2.41. The van der Waals surface area contributed by atoms with Crippen LogP contribution in [0.2, 0.25) is 5.02 Å². The van der Waals surface area contributed by atoms with Gasteiger partial charge in [0.15, 0.2) is 0 Å². The van der Waals surface area contributed by atoms with E-state index in [1.807, 2.05) is 34.6 Å². The van der Waals surface area contributed by atoms with E-state index >= 15 is 0 Å². The van der Waals surface area contributed by atoms with Gasteiger partial charge in [-0.1, -0.05) is 25.4 Å². The summed E-state index contributed by atoms with van der Waals surface area (Å²) in [4.78, 5) is 13.9. The lowest BCUT2D eigenvalue weighted by atomic mass is 9.69. The molecule has 1 N–H and O–H groups in total. The molecule has 3 atom stereocenters. The molecule has 1 fully saturated rings. The molecule has 1 aromatic carbocycles. The summed E-state index contributed by atoms with van der Waals surface area (Å²) in [5.74, 6) is -1.24. The first-order chi connectivity index (χ1) is 11.4. The molecule has 1 heterocycles. The molecule has 1 aromatic rings. The summed E-state index contributed by atoms with van der Waals surface area (Å²) < 4.78 is 20.0. The van der Waals surface area contributed by atoms with Crippen molar-refractivity contribution in [3.05, 3.63) is 34.1 Å². The van der Waals surface area contributed by atoms with Crippen molar-refractivity contribution in [1.82, 2.24) is 4.90 Å². The molecule has 0 saturated carbocycles. The summed E-state index contributed by atoms with van der Waals surface area (Å²) in [5, 5.41) is 11.7. The van der Waals surface area contributed by atoms with Crippen molar-refractivity contribution in [2.75, 3.05) is 13.1 Å². The molecule has 0 aromatic heterocycles. The highest BCUT2D eigenvalue weighted by atomic mass is 35.5. The first kappa shape index (κ1) is 20.0. The Labute approximate surface area is 153 Å². The number of halogens is 2. The smallest absolute Gasteiger partial charge is 0.410 e. The summed E-state index contributed by atoms with van der Waals surface area (Å²) in [6.07, 6.45) is -0.415. The number of carbonyl (C=O) groups excluding carboxylic acids is 1. The summed E-state index contributed by atoms with van der Waals surface area (Å²) in [7, 11) is 0. The standard InChI is InChI=1S/C19H27ClFNO3/c1-11-7-14(20)8-15(21)16(11)19(24)12(2)9-22(10-13(19)3)17(23)25-18(4,5)6/h7-8,12-13,24H,9-10H2,1-6H3/t12-,13+,19-. The van der Waals surface area contributed by atoms with Crippen LogP contribution in [0.1, 0.15) is 45.7 Å². The third-order valence-electron chi connectivity index (χ3n) is 4.80. The number of hydrogen-bond acceptors (Lipinski definition) is 3. The molecule has 0 aliphatic carbocycles. The molecule has 0 spiro atoms. The fourth-order valence-electron chi connectivity index (χ4n) is 3.68. The van der Waals surface area contributed by atoms with Gasteiger partial charge < -0.3 is 14.7 Å². The van der Waals surface area contributed by atoms with Crippen LogP contribution >= 0.6 is 11.6 Å². The van der Waals surface area contributed by atoms with Crippen molar-refractivity contribution in [1.29, 1.82) is 0 Å². The first-order valence-corrected chi connectivity index (χ1v) is 8.90. The maximum Gasteiger partial charge on any atom is 0.410 e. The van der Waals surface area contributed by atoms with E-state index in [4.69, 9.17) is 16.3 Å². The largest absolute Gasteiger partial charge is 0.444 e. The van der Waals surface area contributed by atoms with Crippen LogP contribution in [0.25, 0.3) is 0 Å². The van der Waals surface area contributed by atoms with Gasteiger partial charge in [-0.15, -0.1) is 0 Å². The molecule has 1 amide bonds. The van der Waals surface area contributed by atoms with Gasteiger partial charge in [-0.3, -0.25) is 0 Å². The SMILES string of the molecule is Cc1cc(Cl)cc(F)c1[C@@]1(O)[C@H](C)CN(C(=O)OC(C)(C)C)C[C@@H]1C. The number of rotatable bonds is 1. The number of carbonyl (C=O) groups is 1. The highest BCUT2D eigenvalue weighted by Crippen LogP contribution is 2.44. The molecule has 140 valence electrons. The number of aryl methyl sites for hydroxylation is 1. The average molecular weight is 372 g/mol. The topological polar surface area (TPSA) is 49.8 Å². The molecule has 2 rings (SSSR count). The van der Waals surface area contributed by atoms with Crippen LogP contribution in [0.4, 0.5) is 9.18 Å². The number of amides is 1. The fourth-order valence-corrected chi connectivity index (χ4v) is 3.94. The first-order valence-electron chi connectivity index (χ1n) is 8.52. The molecule has 6 heteroatoms. The fraction of sp³-hybridized carbons (Fsp3) is 0.632. The van der Waals surface area contributed by atoms with Crippen LogP contribution < -0.4 is 0 Å². The zero-order valence-electron chi connectivity index (χ0n) is 15.7. The van der Waals surface area contributed by atoms with Crippen LogP contribution in [-0.4, -0.2) is 34.8 Å². The van der Waals surface area contributed by atoms with Gasteiger partial charge in [-0.2, -0.15) is 0 Å². The van der Waals surface area contributed by atoms with Gasteiger partial charge in [0, 0.05) is 35.5 Å². The molecular formula is C19H27ClFNO3. The third kappa shape index (κ3) is 3.93. The third-order valence-corrected chi connectivity index (χ3v) is 5.01. The van der Waals surface area contributed by atoms with Crippen molar-refractivity contribution < 1.29 is 19.0 Å². The second-order valence-corrected chi connectivity index (χ2v) is 8.53. The number of nitrogens with zero attached hydrogens (tertiary/aromatic N) is 1. The predicted octanol–water partition coefficient (Wildman–Crippen LogP) is 4.50. The number of ether oxygens (including phenoxy) is 1. The Balaban J connectivity index is 2.33. The summed E-state index contributed by atoms with van der Waals surface area (Å²) in [6.45, 7) is 11.4. The van der Waals surface area contributed by atoms with E-state index < -0.39 is 23.1 Å². The van der Waals surface area contributed by atoms with Gasteiger partial charge in [0.05, 0.1) is 0 Å². The maximum atomic E-state index is 14.6. The normalized spacial score (nSPS) is 27.3. The highest BCUT2D eigenvalue weighted by molar-refractivity contribution is 6.30. The lowest BCUT2D eigenvalue weighted by Crippen LogP contribution is -2.57. The van der Waals surface area contributed by atoms with E-state index in [0.717, 1.165) is 0 Å². The highest BCUT2D eigenvalue weighted by Gasteiger charge is 2.49. The van der Waals surface area contributed by atoms with E-state index in [-0.39, 0.29) is 30.5 Å².